The second-order valence-electron chi connectivity index (χ2n) is 5.79. The van der Waals surface area contributed by atoms with Gasteiger partial charge in [0.15, 0.2) is 0 Å². The number of hydrogen-bond donors (Lipinski definition) is 2. The average molecular weight is 223 g/mol. The van der Waals surface area contributed by atoms with Gasteiger partial charge in [-0.15, -0.1) is 0 Å². The second-order valence-corrected chi connectivity index (χ2v) is 5.79. The third-order valence-electron chi connectivity index (χ3n) is 3.47. The molecule has 1 aliphatic carbocycles. The molecule has 0 aliphatic heterocycles. The number of hydrogen-bond acceptors (Lipinski definition) is 3. The van der Waals surface area contributed by atoms with Crippen molar-refractivity contribution >= 4 is 0 Å². The molecule has 0 bridgehead atoms. The molecule has 1 fully saturated rings. The van der Waals surface area contributed by atoms with Crippen molar-refractivity contribution in [1.29, 1.82) is 5.26 Å². The van der Waals surface area contributed by atoms with Crippen molar-refractivity contribution in [3.8, 4) is 6.07 Å². The van der Waals surface area contributed by atoms with Crippen LogP contribution < -0.4 is 11.1 Å². The molecule has 2 unspecified atom stereocenters. The van der Waals surface area contributed by atoms with E-state index in [1.54, 1.807) is 0 Å². The van der Waals surface area contributed by atoms with Crippen molar-refractivity contribution < 1.29 is 0 Å². The maximum atomic E-state index is 8.73. The van der Waals surface area contributed by atoms with Gasteiger partial charge in [-0.05, 0) is 18.3 Å². The summed E-state index contributed by atoms with van der Waals surface area (Å²) in [5.41, 5.74) is 6.21. The van der Waals surface area contributed by atoms with Gasteiger partial charge in [0.1, 0.15) is 0 Å². The molecule has 0 aromatic carbocycles. The highest BCUT2D eigenvalue weighted by molar-refractivity contribution is 4.88. The van der Waals surface area contributed by atoms with Gasteiger partial charge in [-0.3, -0.25) is 0 Å². The zero-order valence-corrected chi connectivity index (χ0v) is 10.6. The van der Waals surface area contributed by atoms with Crippen LogP contribution in [0.3, 0.4) is 0 Å². The molecule has 3 heteroatoms. The van der Waals surface area contributed by atoms with Crippen LogP contribution in [0.5, 0.6) is 0 Å². The Morgan fingerprint density at radius 2 is 2.00 bits per heavy atom. The normalized spacial score (nSPS) is 27.1. The molecule has 2 atom stereocenters. The molecule has 0 spiro atoms. The highest BCUT2D eigenvalue weighted by Gasteiger charge is 2.23. The molecule has 16 heavy (non-hydrogen) atoms. The van der Waals surface area contributed by atoms with Gasteiger partial charge in [-0.2, -0.15) is 5.26 Å². The van der Waals surface area contributed by atoms with E-state index in [9.17, 15) is 0 Å². The van der Waals surface area contributed by atoms with Crippen LogP contribution in [0.15, 0.2) is 0 Å². The van der Waals surface area contributed by atoms with Crippen LogP contribution in [-0.4, -0.2) is 18.6 Å². The maximum absolute atomic E-state index is 8.73. The van der Waals surface area contributed by atoms with Crippen molar-refractivity contribution in [2.24, 2.45) is 11.1 Å². The van der Waals surface area contributed by atoms with Gasteiger partial charge < -0.3 is 11.1 Å². The summed E-state index contributed by atoms with van der Waals surface area (Å²) in [5.74, 6) is 0. The molecule has 1 aliphatic rings. The van der Waals surface area contributed by atoms with E-state index in [0.717, 1.165) is 13.0 Å². The van der Waals surface area contributed by atoms with Crippen molar-refractivity contribution in [2.45, 2.75) is 64.5 Å². The Kier molecular flexibility index (Phi) is 5.24. The van der Waals surface area contributed by atoms with E-state index in [2.05, 4.69) is 25.2 Å². The van der Waals surface area contributed by atoms with Gasteiger partial charge in [-0.25, -0.2) is 0 Å². The summed E-state index contributed by atoms with van der Waals surface area (Å²) in [5, 5.41) is 12.3. The summed E-state index contributed by atoms with van der Waals surface area (Å²) in [7, 11) is 0. The van der Waals surface area contributed by atoms with Gasteiger partial charge >= 0.3 is 0 Å². The minimum atomic E-state index is 0.0563. The zero-order valence-electron chi connectivity index (χ0n) is 10.6. The second kappa shape index (κ2) is 6.22. The first-order chi connectivity index (χ1) is 7.55. The Hall–Kier alpha value is -0.590. The van der Waals surface area contributed by atoms with Crippen LogP contribution in [0.1, 0.15) is 52.4 Å². The number of nitrogens with zero attached hydrogens (tertiary/aromatic N) is 1. The van der Waals surface area contributed by atoms with Crippen LogP contribution in [0.25, 0.3) is 0 Å². The summed E-state index contributed by atoms with van der Waals surface area (Å²) in [6.07, 6.45) is 6.78. The van der Waals surface area contributed by atoms with E-state index in [-0.39, 0.29) is 5.41 Å². The fourth-order valence-electron chi connectivity index (χ4n) is 2.27. The molecule has 0 amide bonds. The van der Waals surface area contributed by atoms with E-state index in [1.807, 2.05) is 0 Å². The van der Waals surface area contributed by atoms with Crippen LogP contribution >= 0.6 is 0 Å². The third kappa shape index (κ3) is 4.51. The van der Waals surface area contributed by atoms with Crippen LogP contribution in [0.2, 0.25) is 0 Å². The lowest BCUT2D eigenvalue weighted by Gasteiger charge is -2.28. The highest BCUT2D eigenvalue weighted by Crippen LogP contribution is 2.21. The lowest BCUT2D eigenvalue weighted by atomic mass is 9.89. The summed E-state index contributed by atoms with van der Waals surface area (Å²) in [6, 6.07) is 2.98. The number of rotatable bonds is 4. The van der Waals surface area contributed by atoms with Crippen molar-refractivity contribution in [2.75, 3.05) is 6.54 Å². The summed E-state index contributed by atoms with van der Waals surface area (Å²) >= 11 is 0. The molecule has 1 rings (SSSR count). The number of nitrogens with one attached hydrogen (secondary N) is 1. The predicted molar refractivity (Wildman–Crippen MR) is 66.9 cm³/mol. The van der Waals surface area contributed by atoms with Gasteiger partial charge in [0.25, 0.3) is 0 Å². The van der Waals surface area contributed by atoms with Crippen molar-refractivity contribution in [1.82, 2.24) is 5.32 Å². The molecule has 0 saturated heterocycles. The Balaban J connectivity index is 2.38. The smallest absolute Gasteiger partial charge is 0.0627 e. The van der Waals surface area contributed by atoms with Gasteiger partial charge in [0.2, 0.25) is 0 Å². The first-order valence-corrected chi connectivity index (χ1v) is 6.41. The minimum absolute atomic E-state index is 0.0563. The molecule has 3 nitrogen and oxygen atoms in total. The molecule has 0 aromatic heterocycles. The summed E-state index contributed by atoms with van der Waals surface area (Å²) in [4.78, 5) is 0. The molecule has 0 heterocycles. The van der Waals surface area contributed by atoms with Crippen LogP contribution in [0.4, 0.5) is 0 Å². The number of nitrogens with two attached hydrogens (primary N) is 1. The largest absolute Gasteiger partial charge is 0.326 e. The van der Waals surface area contributed by atoms with Crippen molar-refractivity contribution in [3.63, 3.8) is 0 Å². The molecular formula is C13H25N3. The first-order valence-electron chi connectivity index (χ1n) is 6.41. The Bertz CT molecular complexity index is 242. The molecule has 0 aromatic rings. The van der Waals surface area contributed by atoms with E-state index < -0.39 is 0 Å². The predicted octanol–water partition coefficient (Wildman–Crippen LogP) is 2.18. The fourth-order valence-corrected chi connectivity index (χ4v) is 2.27. The van der Waals surface area contributed by atoms with E-state index in [1.165, 1.54) is 25.7 Å². The van der Waals surface area contributed by atoms with Gasteiger partial charge in [0.05, 0.1) is 6.07 Å². The summed E-state index contributed by atoms with van der Waals surface area (Å²) < 4.78 is 0. The lowest BCUT2D eigenvalue weighted by Crippen LogP contribution is -2.47. The molecular weight excluding hydrogens is 198 g/mol. The quantitative estimate of drug-likeness (QED) is 0.718. The van der Waals surface area contributed by atoms with Gasteiger partial charge in [0, 0.05) is 25.0 Å². The van der Waals surface area contributed by atoms with E-state index >= 15 is 0 Å². The average Bonchev–Trinajstić information content (AvgIpc) is 2.40. The molecule has 1 saturated carbocycles. The fraction of sp³-hybridized carbons (Fsp3) is 0.923. The Morgan fingerprint density at radius 3 is 2.69 bits per heavy atom. The van der Waals surface area contributed by atoms with Crippen molar-refractivity contribution in [3.05, 3.63) is 0 Å². The SMILES string of the molecule is CC(C)(CC#N)CNC1CCCCCC1N. The first kappa shape index (κ1) is 13.5. The number of nitriles is 1. The van der Waals surface area contributed by atoms with E-state index in [4.69, 9.17) is 11.0 Å². The Labute approximate surface area is 99.4 Å². The van der Waals surface area contributed by atoms with Crippen LogP contribution in [-0.2, 0) is 0 Å². The third-order valence-corrected chi connectivity index (χ3v) is 3.47. The van der Waals surface area contributed by atoms with Crippen LogP contribution in [0, 0.1) is 16.7 Å². The monoisotopic (exact) mass is 223 g/mol. The highest BCUT2D eigenvalue weighted by atomic mass is 15.0. The van der Waals surface area contributed by atoms with Gasteiger partial charge in [-0.1, -0.05) is 33.1 Å². The van der Waals surface area contributed by atoms with E-state index in [0.29, 0.717) is 18.5 Å². The summed E-state index contributed by atoms with van der Waals surface area (Å²) in [6.45, 7) is 5.15. The molecule has 0 radical (unpaired) electrons. The lowest BCUT2D eigenvalue weighted by molar-refractivity contribution is 0.301. The molecule has 92 valence electrons. The zero-order chi connectivity index (χ0) is 12.0. The topological polar surface area (TPSA) is 61.8 Å². The Morgan fingerprint density at radius 1 is 1.31 bits per heavy atom. The minimum Gasteiger partial charge on any atom is -0.326 e. The standard InChI is InChI=1S/C13H25N3/c1-13(2,8-9-14)10-16-12-7-5-3-4-6-11(12)15/h11-12,16H,3-8,10,15H2,1-2H3. The molecule has 3 N–H and O–H groups in total. The maximum Gasteiger partial charge on any atom is 0.0627 e.